The van der Waals surface area contributed by atoms with Crippen LogP contribution in [-0.4, -0.2) is 78.5 Å². The van der Waals surface area contributed by atoms with Gasteiger partial charge in [0.1, 0.15) is 22.1 Å². The van der Waals surface area contributed by atoms with Gasteiger partial charge in [-0.25, -0.2) is 9.59 Å². The summed E-state index contributed by atoms with van der Waals surface area (Å²) in [4.78, 5) is 58.0. The van der Waals surface area contributed by atoms with Gasteiger partial charge in [0.25, 0.3) is 17.3 Å². The van der Waals surface area contributed by atoms with E-state index in [1.807, 2.05) is 0 Å². The maximum Gasteiger partial charge on any atom is 0.407 e. The van der Waals surface area contributed by atoms with E-state index in [9.17, 15) is 39.7 Å². The molecule has 3 rings (SSSR count). The number of rotatable bonds is 13. The maximum absolute atomic E-state index is 12.5. The van der Waals surface area contributed by atoms with Gasteiger partial charge in [0.05, 0.1) is 9.85 Å². The second-order valence-corrected chi connectivity index (χ2v) is 11.8. The molecular formula is C24H24N4O11S3. The first-order chi connectivity index (χ1) is 20.0. The molecule has 1 heterocycles. The standard InChI is InChI=1S/C24H24N4O11S3/c1-37-18-19(29)26(20(30)22(31)38-12-14-2-6-16(7-3-14)27(33)34)21(18)42-24(40)41-11-10-25-23(32)39-13-15-4-8-17(9-5-15)28(35)36/h2-9,18,20-21,30H,10-13H2,1H3,(H,25,32)/t18-,20?,21+/m0/s1. The van der Waals surface area contributed by atoms with E-state index in [2.05, 4.69) is 5.32 Å². The second kappa shape index (κ2) is 15.4. The number of nitro groups is 2. The maximum atomic E-state index is 12.5. The summed E-state index contributed by atoms with van der Waals surface area (Å²) >= 11 is 7.54. The van der Waals surface area contributed by atoms with Crippen LogP contribution >= 0.6 is 35.7 Å². The molecular weight excluding hydrogens is 616 g/mol. The predicted molar refractivity (Wildman–Crippen MR) is 154 cm³/mol. The molecule has 0 spiro atoms. The lowest BCUT2D eigenvalue weighted by Gasteiger charge is -2.46. The molecule has 2 aromatic carbocycles. The van der Waals surface area contributed by atoms with E-state index in [1.165, 1.54) is 67.4 Å². The fraction of sp³-hybridized carbons (Fsp3) is 0.333. The number of aliphatic hydroxyl groups is 1. The van der Waals surface area contributed by atoms with Crippen molar-refractivity contribution in [3.05, 3.63) is 79.9 Å². The van der Waals surface area contributed by atoms with Gasteiger partial charge in [0.15, 0.2) is 6.10 Å². The summed E-state index contributed by atoms with van der Waals surface area (Å²) in [6.07, 6.45) is -3.59. The summed E-state index contributed by atoms with van der Waals surface area (Å²) in [6, 6.07) is 10.9. The van der Waals surface area contributed by atoms with Crippen LogP contribution in [0.1, 0.15) is 11.1 Å². The lowest BCUT2D eigenvalue weighted by molar-refractivity contribution is -0.385. The lowest BCUT2D eigenvalue weighted by atomic mass is 10.1. The number of amides is 2. The largest absolute Gasteiger partial charge is 0.457 e. The number of thioether (sulfide) groups is 2. The Morgan fingerprint density at radius 2 is 1.55 bits per heavy atom. The molecule has 2 aromatic rings. The van der Waals surface area contributed by atoms with Gasteiger partial charge in [0, 0.05) is 43.7 Å². The minimum absolute atomic E-state index is 0.0746. The molecule has 224 valence electrons. The molecule has 0 aromatic heterocycles. The van der Waals surface area contributed by atoms with Crippen LogP contribution in [0.3, 0.4) is 0 Å². The van der Waals surface area contributed by atoms with Crippen LogP contribution in [0.15, 0.2) is 48.5 Å². The number of alkyl carbamates (subject to hydrolysis) is 1. The Morgan fingerprint density at radius 1 is 1.02 bits per heavy atom. The summed E-state index contributed by atoms with van der Waals surface area (Å²) in [7, 11) is 1.30. The Balaban J connectivity index is 1.40. The predicted octanol–water partition coefficient (Wildman–Crippen LogP) is 2.73. The van der Waals surface area contributed by atoms with Gasteiger partial charge in [-0.2, -0.15) is 0 Å². The van der Waals surface area contributed by atoms with Crippen LogP contribution in [0, 0.1) is 20.2 Å². The Labute approximate surface area is 252 Å². The van der Waals surface area contributed by atoms with Gasteiger partial charge in [-0.05, 0) is 35.4 Å². The van der Waals surface area contributed by atoms with E-state index in [4.69, 9.17) is 26.4 Å². The fourth-order valence-electron chi connectivity index (χ4n) is 3.44. The summed E-state index contributed by atoms with van der Waals surface area (Å²) in [5.41, 5.74) is 0.811. The summed E-state index contributed by atoms with van der Waals surface area (Å²) in [5, 5.41) is 33.6. The molecule has 0 aliphatic carbocycles. The Morgan fingerprint density at radius 3 is 2.05 bits per heavy atom. The monoisotopic (exact) mass is 640 g/mol. The SMILES string of the molecule is CO[C@H]1C(=O)N(C(O)C(=O)OCc2ccc([N+](=O)[O-])cc2)[C@@H]1SC(=S)SCCNC(=O)OCc1ccc([N+](=O)[O-])cc1. The number of benzene rings is 2. The highest BCUT2D eigenvalue weighted by Crippen LogP contribution is 2.37. The fourth-order valence-corrected chi connectivity index (χ4v) is 6.06. The summed E-state index contributed by atoms with van der Waals surface area (Å²) in [6.45, 7) is -0.171. The smallest absolute Gasteiger partial charge is 0.407 e. The average molecular weight is 641 g/mol. The number of methoxy groups -OCH3 is 1. The molecule has 1 aliphatic rings. The van der Waals surface area contributed by atoms with Gasteiger partial charge in [-0.1, -0.05) is 24.0 Å². The highest BCUT2D eigenvalue weighted by atomic mass is 32.2. The lowest BCUT2D eigenvalue weighted by Crippen LogP contribution is -2.68. The number of likely N-dealkylation sites (tertiary alicyclic amines) is 1. The number of non-ortho nitro benzene ring substituents is 2. The third-order valence-corrected chi connectivity index (χ3v) is 8.45. The van der Waals surface area contributed by atoms with Gasteiger partial charge in [-0.3, -0.25) is 29.9 Å². The van der Waals surface area contributed by atoms with Crippen LogP contribution in [0.25, 0.3) is 0 Å². The topological polar surface area (TPSA) is 201 Å². The van der Waals surface area contributed by atoms with Gasteiger partial charge >= 0.3 is 12.1 Å². The molecule has 2 N–H and O–H groups in total. The van der Waals surface area contributed by atoms with Crippen LogP contribution in [-0.2, 0) is 37.0 Å². The molecule has 0 saturated carbocycles. The van der Waals surface area contributed by atoms with E-state index in [0.717, 1.165) is 16.7 Å². The molecule has 1 fully saturated rings. The highest BCUT2D eigenvalue weighted by Gasteiger charge is 2.53. The van der Waals surface area contributed by atoms with Crippen molar-refractivity contribution in [2.75, 3.05) is 19.4 Å². The van der Waals surface area contributed by atoms with Crippen LogP contribution in [0.4, 0.5) is 16.2 Å². The van der Waals surface area contributed by atoms with Crippen molar-refractivity contribution in [1.29, 1.82) is 0 Å². The molecule has 2 amide bonds. The van der Waals surface area contributed by atoms with Crippen molar-refractivity contribution >= 4 is 68.6 Å². The van der Waals surface area contributed by atoms with Crippen LogP contribution in [0.2, 0.25) is 0 Å². The number of carbonyl (C=O) groups is 3. The van der Waals surface area contributed by atoms with Crippen LogP contribution < -0.4 is 5.32 Å². The first kappa shape index (κ1) is 32.7. The summed E-state index contributed by atoms with van der Waals surface area (Å²) < 4.78 is 15.6. The molecule has 0 radical (unpaired) electrons. The van der Waals surface area contributed by atoms with E-state index in [0.29, 0.717) is 20.4 Å². The first-order valence-corrected chi connectivity index (χ1v) is 14.2. The van der Waals surface area contributed by atoms with Crippen molar-refractivity contribution in [2.24, 2.45) is 0 Å². The third-order valence-electron chi connectivity index (χ3n) is 5.61. The quantitative estimate of drug-likeness (QED) is 0.0808. The number of nitro benzene ring substituents is 2. The van der Waals surface area contributed by atoms with Crippen molar-refractivity contribution < 1.29 is 43.5 Å². The third kappa shape index (κ3) is 8.83. The molecule has 1 saturated heterocycles. The molecule has 15 nitrogen and oxygen atoms in total. The molecule has 18 heteroatoms. The van der Waals surface area contributed by atoms with E-state index in [-0.39, 0.29) is 31.1 Å². The van der Waals surface area contributed by atoms with Gasteiger partial charge in [0.2, 0.25) is 6.23 Å². The highest BCUT2D eigenvalue weighted by molar-refractivity contribution is 8.47. The Kier molecular flexibility index (Phi) is 12.0. The number of carbonyl (C=O) groups excluding carboxylic acids is 3. The zero-order valence-corrected chi connectivity index (χ0v) is 24.2. The number of aliphatic hydroxyl groups excluding tert-OH is 1. The number of nitrogens with zero attached hydrogens (tertiary/aromatic N) is 3. The van der Waals surface area contributed by atoms with E-state index >= 15 is 0 Å². The van der Waals surface area contributed by atoms with Gasteiger partial charge in [-0.15, -0.1) is 11.8 Å². The zero-order chi connectivity index (χ0) is 30.8. The Hall–Kier alpha value is -3.84. The Bertz CT molecular complexity index is 1330. The van der Waals surface area contributed by atoms with E-state index in [1.54, 1.807) is 0 Å². The number of nitrogens with one attached hydrogen (secondary N) is 1. The van der Waals surface area contributed by atoms with Crippen molar-refractivity contribution in [1.82, 2.24) is 10.2 Å². The number of thiocarbonyl (C=S) groups is 1. The molecule has 0 bridgehead atoms. The molecule has 1 unspecified atom stereocenters. The zero-order valence-electron chi connectivity index (χ0n) is 21.8. The van der Waals surface area contributed by atoms with Crippen molar-refractivity contribution in [3.63, 3.8) is 0 Å². The van der Waals surface area contributed by atoms with E-state index < -0.39 is 45.5 Å². The minimum Gasteiger partial charge on any atom is -0.457 e. The minimum atomic E-state index is -1.93. The van der Waals surface area contributed by atoms with Crippen molar-refractivity contribution in [3.8, 4) is 0 Å². The van der Waals surface area contributed by atoms with Crippen molar-refractivity contribution in [2.45, 2.75) is 30.9 Å². The number of ether oxygens (including phenoxy) is 3. The number of β-lactam (4-membered cyclic amide) rings is 1. The number of hydrogen-bond donors (Lipinski definition) is 2. The number of esters is 1. The molecule has 3 atom stereocenters. The summed E-state index contributed by atoms with van der Waals surface area (Å²) in [5.74, 6) is -1.40. The average Bonchev–Trinajstić information content (AvgIpc) is 2.97. The number of hydrogen-bond acceptors (Lipinski definition) is 14. The second-order valence-electron chi connectivity index (χ2n) is 8.34. The van der Waals surface area contributed by atoms with Crippen LogP contribution in [0.5, 0.6) is 0 Å². The first-order valence-electron chi connectivity index (χ1n) is 11.9. The normalized spacial score (nSPS) is 16.6. The van der Waals surface area contributed by atoms with Gasteiger partial charge < -0.3 is 24.6 Å². The molecule has 42 heavy (non-hydrogen) atoms. The molecule has 1 aliphatic heterocycles.